The summed E-state index contributed by atoms with van der Waals surface area (Å²) in [4.78, 5) is 14.7. The molecule has 0 saturated carbocycles. The van der Waals surface area contributed by atoms with Crippen molar-refractivity contribution in [3.05, 3.63) is 47.9 Å². The molecule has 22 heavy (non-hydrogen) atoms. The minimum absolute atomic E-state index is 0.0990. The average Bonchev–Trinajstić information content (AvgIpc) is 2.85. The third-order valence-electron chi connectivity index (χ3n) is 3.75. The zero-order valence-electron chi connectivity index (χ0n) is 11.9. The van der Waals surface area contributed by atoms with Crippen molar-refractivity contribution in [1.29, 1.82) is 0 Å². The number of hydrogen-bond donors (Lipinski definition) is 2. The smallest absolute Gasteiger partial charge is 0.262 e. The van der Waals surface area contributed by atoms with Crippen LogP contribution >= 0.6 is 0 Å². The van der Waals surface area contributed by atoms with Crippen LogP contribution in [0.5, 0.6) is 5.75 Å². The first-order chi connectivity index (χ1) is 10.6. The number of carbonyl (C=O) groups is 1. The fourth-order valence-electron chi connectivity index (χ4n) is 2.78. The Morgan fingerprint density at radius 2 is 2.00 bits per heavy atom. The number of H-pyrrole nitrogens is 1. The molecule has 4 nitrogen and oxygen atoms in total. The van der Waals surface area contributed by atoms with Crippen LogP contribution in [0.2, 0.25) is 0 Å². The van der Waals surface area contributed by atoms with Gasteiger partial charge < -0.3 is 15.0 Å². The quantitative estimate of drug-likeness (QED) is 0.720. The van der Waals surface area contributed by atoms with E-state index < -0.39 is 5.82 Å². The number of hydrogen-bond acceptors (Lipinski definition) is 2. The summed E-state index contributed by atoms with van der Waals surface area (Å²) in [6, 6.07) is 11.1. The van der Waals surface area contributed by atoms with E-state index in [1.807, 2.05) is 31.2 Å². The second kappa shape index (κ2) is 4.59. The Morgan fingerprint density at radius 1 is 1.14 bits per heavy atom. The maximum Gasteiger partial charge on any atom is 0.262 e. The lowest BCUT2D eigenvalue weighted by Crippen LogP contribution is -2.26. The van der Waals surface area contributed by atoms with Crippen molar-refractivity contribution in [2.24, 2.45) is 0 Å². The number of carbonyl (C=O) groups excluding carboxylic acids is 1. The Labute approximate surface area is 125 Å². The van der Waals surface area contributed by atoms with Gasteiger partial charge >= 0.3 is 0 Å². The molecule has 4 rings (SSSR count). The van der Waals surface area contributed by atoms with Gasteiger partial charge in [0.15, 0.2) is 18.2 Å². The molecular formula is C17H13FN2O2. The molecule has 1 aliphatic rings. The lowest BCUT2D eigenvalue weighted by Gasteiger charge is -2.19. The topological polar surface area (TPSA) is 54.1 Å². The van der Waals surface area contributed by atoms with E-state index in [4.69, 9.17) is 4.74 Å². The number of anilines is 1. The number of fused-ring (bicyclic) bond motifs is 2. The van der Waals surface area contributed by atoms with Crippen molar-refractivity contribution in [2.45, 2.75) is 6.92 Å². The summed E-state index contributed by atoms with van der Waals surface area (Å²) >= 11 is 0. The number of nitrogens with one attached hydrogen (secondary N) is 2. The van der Waals surface area contributed by atoms with Crippen LogP contribution in [0.25, 0.3) is 22.0 Å². The van der Waals surface area contributed by atoms with Crippen molar-refractivity contribution in [1.82, 2.24) is 4.98 Å². The van der Waals surface area contributed by atoms with Crippen LogP contribution in [-0.2, 0) is 4.79 Å². The zero-order valence-corrected chi connectivity index (χ0v) is 11.9. The molecule has 1 aromatic heterocycles. The van der Waals surface area contributed by atoms with Crippen molar-refractivity contribution in [3.8, 4) is 16.9 Å². The zero-order chi connectivity index (χ0) is 15.3. The highest BCUT2D eigenvalue weighted by atomic mass is 19.1. The molecule has 5 heteroatoms. The van der Waals surface area contributed by atoms with Gasteiger partial charge in [0.05, 0.1) is 5.69 Å². The number of rotatable bonds is 1. The lowest BCUT2D eigenvalue weighted by atomic mass is 10.0. The van der Waals surface area contributed by atoms with Crippen LogP contribution in [0, 0.1) is 12.7 Å². The molecule has 110 valence electrons. The van der Waals surface area contributed by atoms with E-state index in [2.05, 4.69) is 10.3 Å². The Hall–Kier alpha value is -2.82. The summed E-state index contributed by atoms with van der Waals surface area (Å²) in [7, 11) is 0. The summed E-state index contributed by atoms with van der Waals surface area (Å²) in [5.41, 5.74) is 4.06. The molecule has 2 heterocycles. The molecule has 0 bridgehead atoms. The fraction of sp³-hybridized carbons (Fsp3) is 0.118. The summed E-state index contributed by atoms with van der Waals surface area (Å²) in [6.45, 7) is 1.84. The molecule has 0 unspecified atom stereocenters. The molecule has 0 fully saturated rings. The predicted molar refractivity (Wildman–Crippen MR) is 82.6 cm³/mol. The number of amides is 1. The van der Waals surface area contributed by atoms with Crippen LogP contribution < -0.4 is 10.1 Å². The van der Waals surface area contributed by atoms with Gasteiger partial charge in [-0.05, 0) is 48.4 Å². The maximum absolute atomic E-state index is 14.2. The van der Waals surface area contributed by atoms with Gasteiger partial charge in [0.1, 0.15) is 0 Å². The predicted octanol–water partition coefficient (Wildman–Crippen LogP) is 3.61. The van der Waals surface area contributed by atoms with E-state index in [1.165, 1.54) is 6.07 Å². The number of ether oxygens (including phenoxy) is 1. The van der Waals surface area contributed by atoms with Gasteiger partial charge in [-0.1, -0.05) is 6.07 Å². The molecule has 0 atom stereocenters. The molecule has 2 N–H and O–H groups in total. The molecular weight excluding hydrogens is 283 g/mol. The van der Waals surface area contributed by atoms with Gasteiger partial charge in [-0.15, -0.1) is 0 Å². The van der Waals surface area contributed by atoms with Gasteiger partial charge in [-0.25, -0.2) is 4.39 Å². The third kappa shape index (κ3) is 2.02. The molecule has 1 aliphatic heterocycles. The normalized spacial score (nSPS) is 13.6. The van der Waals surface area contributed by atoms with E-state index in [1.54, 1.807) is 6.07 Å². The Balaban J connectivity index is 1.85. The Bertz CT molecular complexity index is 914. The van der Waals surface area contributed by atoms with Crippen LogP contribution in [0.1, 0.15) is 5.69 Å². The highest BCUT2D eigenvalue weighted by molar-refractivity contribution is 5.96. The molecule has 0 spiro atoms. The first-order valence-electron chi connectivity index (χ1n) is 6.96. The minimum atomic E-state index is -0.474. The van der Waals surface area contributed by atoms with E-state index in [-0.39, 0.29) is 18.3 Å². The highest BCUT2D eigenvalue weighted by Crippen LogP contribution is 2.36. The number of aromatic amines is 1. The average molecular weight is 296 g/mol. The first kappa shape index (κ1) is 12.9. The maximum atomic E-state index is 14.2. The van der Waals surface area contributed by atoms with Crippen LogP contribution in [0.15, 0.2) is 36.4 Å². The minimum Gasteiger partial charge on any atom is -0.478 e. The number of aromatic nitrogens is 1. The highest BCUT2D eigenvalue weighted by Gasteiger charge is 2.21. The summed E-state index contributed by atoms with van der Waals surface area (Å²) in [5.74, 6) is -0.652. The fourth-order valence-corrected chi connectivity index (χ4v) is 2.78. The SMILES string of the molecule is Cc1cc2cc(-c3cc(F)c4c(c3)NC(=O)CO4)ccc2[nH]1. The molecule has 2 aromatic carbocycles. The Morgan fingerprint density at radius 3 is 2.86 bits per heavy atom. The van der Waals surface area contributed by atoms with Crippen LogP contribution in [0.4, 0.5) is 10.1 Å². The van der Waals surface area contributed by atoms with Gasteiger partial charge in [-0.2, -0.15) is 0 Å². The summed E-state index contributed by atoms with van der Waals surface area (Å²) < 4.78 is 19.3. The van der Waals surface area contributed by atoms with Gasteiger partial charge in [0.2, 0.25) is 0 Å². The van der Waals surface area contributed by atoms with E-state index in [0.29, 0.717) is 11.3 Å². The van der Waals surface area contributed by atoms with E-state index in [0.717, 1.165) is 22.2 Å². The molecule has 0 radical (unpaired) electrons. The third-order valence-corrected chi connectivity index (χ3v) is 3.75. The lowest BCUT2D eigenvalue weighted by molar-refractivity contribution is -0.118. The van der Waals surface area contributed by atoms with Crippen molar-refractivity contribution in [3.63, 3.8) is 0 Å². The van der Waals surface area contributed by atoms with Gasteiger partial charge in [-0.3, -0.25) is 4.79 Å². The molecule has 3 aromatic rings. The summed E-state index contributed by atoms with van der Waals surface area (Å²) in [6.07, 6.45) is 0. The monoisotopic (exact) mass is 296 g/mol. The second-order valence-corrected chi connectivity index (χ2v) is 5.43. The van der Waals surface area contributed by atoms with Crippen LogP contribution in [0.3, 0.4) is 0 Å². The first-order valence-corrected chi connectivity index (χ1v) is 6.96. The molecule has 0 saturated heterocycles. The second-order valence-electron chi connectivity index (χ2n) is 5.43. The van der Waals surface area contributed by atoms with Gasteiger partial charge in [0, 0.05) is 16.6 Å². The van der Waals surface area contributed by atoms with Crippen molar-refractivity contribution in [2.75, 3.05) is 11.9 Å². The Kier molecular flexibility index (Phi) is 2.69. The summed E-state index contributed by atoms with van der Waals surface area (Å²) in [5, 5.41) is 3.71. The van der Waals surface area contributed by atoms with Gasteiger partial charge in [0.25, 0.3) is 5.91 Å². The van der Waals surface area contributed by atoms with E-state index >= 15 is 0 Å². The van der Waals surface area contributed by atoms with Crippen LogP contribution in [-0.4, -0.2) is 17.5 Å². The molecule has 0 aliphatic carbocycles. The molecule has 1 amide bonds. The number of halogens is 1. The standard InChI is InChI=1S/C17H13FN2O2/c1-9-4-12-5-10(2-3-14(12)19-9)11-6-13(18)17-15(7-11)20-16(21)8-22-17/h2-7,19H,8H2,1H3,(H,20,21). The number of aryl methyl sites for hydroxylation is 1. The van der Waals surface area contributed by atoms with E-state index in [9.17, 15) is 9.18 Å². The van der Waals surface area contributed by atoms with Crippen molar-refractivity contribution >= 4 is 22.5 Å². The number of benzene rings is 2. The van der Waals surface area contributed by atoms with Crippen molar-refractivity contribution < 1.29 is 13.9 Å². The largest absolute Gasteiger partial charge is 0.478 e.